The second kappa shape index (κ2) is 6.31. The molecule has 21 heavy (non-hydrogen) atoms. The molecule has 2 rings (SSSR count). The maximum absolute atomic E-state index is 11.2. The Kier molecular flexibility index (Phi) is 4.49. The molecule has 0 aliphatic heterocycles. The summed E-state index contributed by atoms with van der Waals surface area (Å²) in [6.07, 6.45) is 0.569. The van der Waals surface area contributed by atoms with Crippen LogP contribution in [-0.4, -0.2) is 33.5 Å². The van der Waals surface area contributed by atoms with Gasteiger partial charge in [0.1, 0.15) is 5.82 Å². The highest BCUT2D eigenvalue weighted by Crippen LogP contribution is 2.12. The third kappa shape index (κ3) is 3.99. The molecule has 7 nitrogen and oxygen atoms in total. The summed E-state index contributed by atoms with van der Waals surface area (Å²) in [7, 11) is 0. The van der Waals surface area contributed by atoms with Gasteiger partial charge in [-0.2, -0.15) is 0 Å². The lowest BCUT2D eigenvalue weighted by Crippen LogP contribution is -2.13. The van der Waals surface area contributed by atoms with E-state index in [0.29, 0.717) is 30.0 Å². The highest BCUT2D eigenvalue weighted by Gasteiger charge is 2.09. The van der Waals surface area contributed by atoms with E-state index in [1.54, 1.807) is 19.1 Å². The number of carboxylic acids is 1. The number of aryl methyl sites for hydroxylation is 1. The number of primary amides is 1. The Morgan fingerprint density at radius 1 is 1.38 bits per heavy atom. The lowest BCUT2D eigenvalue weighted by Gasteiger charge is -2.07. The van der Waals surface area contributed by atoms with Crippen LogP contribution in [0.5, 0.6) is 0 Å². The molecule has 0 saturated carbocycles. The topological polar surface area (TPSA) is 118 Å². The minimum Gasteiger partial charge on any atom is -0.476 e. The largest absolute Gasteiger partial charge is 0.476 e. The summed E-state index contributed by atoms with van der Waals surface area (Å²) < 4.78 is 0. The van der Waals surface area contributed by atoms with E-state index in [1.165, 1.54) is 16.7 Å². The van der Waals surface area contributed by atoms with E-state index in [1.807, 2.05) is 0 Å². The number of carbonyl (C=O) groups excluding carboxylic acids is 1. The first-order chi connectivity index (χ1) is 9.95. The maximum Gasteiger partial charge on any atom is 0.355 e. The number of amides is 1. The molecule has 0 spiro atoms. The normalized spacial score (nSPS) is 10.3. The first-order valence-corrected chi connectivity index (χ1v) is 7.03. The molecule has 2 heterocycles. The molecule has 0 saturated heterocycles. The molecule has 0 aromatic carbocycles. The summed E-state index contributed by atoms with van der Waals surface area (Å²) in [6, 6.07) is 3.20. The van der Waals surface area contributed by atoms with Crippen LogP contribution in [0.3, 0.4) is 0 Å². The number of aromatic carboxylic acids is 1. The van der Waals surface area contributed by atoms with Crippen molar-refractivity contribution in [3.8, 4) is 0 Å². The van der Waals surface area contributed by atoms with Crippen molar-refractivity contribution in [1.29, 1.82) is 0 Å². The van der Waals surface area contributed by atoms with E-state index >= 15 is 0 Å². The van der Waals surface area contributed by atoms with Crippen molar-refractivity contribution >= 4 is 29.0 Å². The summed E-state index contributed by atoms with van der Waals surface area (Å²) in [5.41, 5.74) is 6.39. The molecule has 2 aromatic rings. The van der Waals surface area contributed by atoms with Crippen LogP contribution in [0.4, 0.5) is 5.82 Å². The minimum atomic E-state index is -1.03. The second-order valence-corrected chi connectivity index (χ2v) is 5.30. The number of thiazole rings is 1. The Bertz CT molecular complexity index is 684. The van der Waals surface area contributed by atoms with E-state index < -0.39 is 11.9 Å². The Labute approximate surface area is 124 Å². The summed E-state index contributed by atoms with van der Waals surface area (Å²) >= 11 is 1.30. The zero-order valence-corrected chi connectivity index (χ0v) is 12.1. The number of pyridine rings is 1. The fourth-order valence-electron chi connectivity index (χ4n) is 1.72. The first kappa shape index (κ1) is 14.9. The number of hydrogen-bond donors (Lipinski definition) is 3. The summed E-state index contributed by atoms with van der Waals surface area (Å²) in [5.74, 6) is -0.981. The molecule has 0 bridgehead atoms. The number of nitrogens with zero attached hydrogens (tertiary/aromatic N) is 2. The molecule has 0 radical (unpaired) electrons. The first-order valence-electron chi connectivity index (χ1n) is 6.16. The van der Waals surface area contributed by atoms with Gasteiger partial charge in [0.2, 0.25) is 5.91 Å². The number of aromatic nitrogens is 2. The van der Waals surface area contributed by atoms with Gasteiger partial charge >= 0.3 is 5.97 Å². The molecule has 0 fully saturated rings. The Morgan fingerprint density at radius 2 is 2.14 bits per heavy atom. The van der Waals surface area contributed by atoms with Crippen LogP contribution in [0.25, 0.3) is 0 Å². The van der Waals surface area contributed by atoms with Gasteiger partial charge in [-0.3, -0.25) is 4.79 Å². The van der Waals surface area contributed by atoms with Crippen molar-refractivity contribution in [1.82, 2.24) is 9.97 Å². The van der Waals surface area contributed by atoms with Crippen molar-refractivity contribution in [2.24, 2.45) is 5.73 Å². The predicted octanol–water partition coefficient (Wildman–Crippen LogP) is 1.30. The molecule has 0 aliphatic carbocycles. The number of carboxylic acid groups (broad SMARTS) is 1. The van der Waals surface area contributed by atoms with E-state index in [4.69, 9.17) is 10.8 Å². The molecular weight excluding hydrogens is 292 g/mol. The van der Waals surface area contributed by atoms with Gasteiger partial charge in [-0.05, 0) is 19.1 Å². The molecule has 0 unspecified atom stereocenters. The zero-order valence-electron chi connectivity index (χ0n) is 11.3. The zero-order chi connectivity index (χ0) is 15.4. The average Bonchev–Trinajstić information content (AvgIpc) is 2.87. The number of carbonyl (C=O) groups is 2. The van der Waals surface area contributed by atoms with Gasteiger partial charge in [0.25, 0.3) is 0 Å². The highest BCUT2D eigenvalue weighted by atomic mass is 32.1. The molecule has 1 amide bonds. The van der Waals surface area contributed by atoms with Crippen LogP contribution in [0.15, 0.2) is 17.5 Å². The van der Waals surface area contributed by atoms with Crippen LogP contribution in [-0.2, 0) is 6.42 Å². The van der Waals surface area contributed by atoms with Gasteiger partial charge < -0.3 is 16.2 Å². The van der Waals surface area contributed by atoms with Crippen molar-refractivity contribution in [3.63, 3.8) is 0 Å². The molecule has 8 heteroatoms. The molecular formula is C13H14N4O3S. The molecule has 0 atom stereocenters. The molecule has 4 N–H and O–H groups in total. The summed E-state index contributed by atoms with van der Waals surface area (Å²) in [5, 5.41) is 14.1. The fraction of sp³-hybridized carbons (Fsp3) is 0.231. The smallest absolute Gasteiger partial charge is 0.355 e. The summed E-state index contributed by atoms with van der Waals surface area (Å²) in [4.78, 5) is 30.1. The van der Waals surface area contributed by atoms with Gasteiger partial charge in [-0.15, -0.1) is 11.3 Å². The van der Waals surface area contributed by atoms with Gasteiger partial charge in [-0.25, -0.2) is 14.8 Å². The number of rotatable bonds is 6. The van der Waals surface area contributed by atoms with E-state index in [-0.39, 0.29) is 5.69 Å². The lowest BCUT2D eigenvalue weighted by atomic mass is 10.2. The molecule has 110 valence electrons. The van der Waals surface area contributed by atoms with Gasteiger partial charge in [0.15, 0.2) is 5.69 Å². The van der Waals surface area contributed by atoms with Crippen molar-refractivity contribution in [3.05, 3.63) is 39.5 Å². The van der Waals surface area contributed by atoms with Gasteiger partial charge in [-0.1, -0.05) is 0 Å². The van der Waals surface area contributed by atoms with E-state index in [0.717, 1.165) is 5.01 Å². The van der Waals surface area contributed by atoms with Crippen LogP contribution in [0.1, 0.15) is 31.5 Å². The van der Waals surface area contributed by atoms with Crippen LogP contribution >= 0.6 is 11.3 Å². The second-order valence-electron chi connectivity index (χ2n) is 4.36. The fourth-order valence-corrected chi connectivity index (χ4v) is 2.49. The molecule has 2 aromatic heterocycles. The van der Waals surface area contributed by atoms with E-state index in [9.17, 15) is 9.59 Å². The number of nitrogens with one attached hydrogen (secondary N) is 1. The third-order valence-electron chi connectivity index (χ3n) is 2.65. The van der Waals surface area contributed by atoms with Crippen molar-refractivity contribution in [2.75, 3.05) is 11.9 Å². The maximum atomic E-state index is 11.2. The quantitative estimate of drug-likeness (QED) is 0.740. The van der Waals surface area contributed by atoms with Crippen LogP contribution < -0.4 is 11.1 Å². The molecule has 0 aliphatic rings. The van der Waals surface area contributed by atoms with Crippen molar-refractivity contribution in [2.45, 2.75) is 13.3 Å². The Morgan fingerprint density at radius 3 is 2.76 bits per heavy atom. The van der Waals surface area contributed by atoms with E-state index in [2.05, 4.69) is 15.3 Å². The standard InChI is InChI=1S/C13H14N4O3S/c1-7-4-8(12(14)18)5-10(16-7)15-3-2-11-17-9(6-21-11)13(19)20/h4-6H,2-3H2,1H3,(H2,14,18)(H,15,16)(H,19,20). The van der Waals surface area contributed by atoms with Crippen molar-refractivity contribution < 1.29 is 14.7 Å². The van der Waals surface area contributed by atoms with Crippen LogP contribution in [0.2, 0.25) is 0 Å². The van der Waals surface area contributed by atoms with Gasteiger partial charge in [0.05, 0.1) is 5.01 Å². The third-order valence-corrected chi connectivity index (χ3v) is 3.56. The SMILES string of the molecule is Cc1cc(C(N)=O)cc(NCCc2nc(C(=O)O)cs2)n1. The summed E-state index contributed by atoms with van der Waals surface area (Å²) in [6.45, 7) is 2.30. The highest BCUT2D eigenvalue weighted by molar-refractivity contribution is 7.09. The predicted molar refractivity (Wildman–Crippen MR) is 78.8 cm³/mol. The lowest BCUT2D eigenvalue weighted by molar-refractivity contribution is 0.0691. The number of nitrogens with two attached hydrogens (primary N) is 1. The minimum absolute atomic E-state index is 0.0553. The van der Waals surface area contributed by atoms with Crippen LogP contribution in [0, 0.1) is 6.92 Å². The Balaban J connectivity index is 1.96. The monoisotopic (exact) mass is 306 g/mol. The number of anilines is 1. The average molecular weight is 306 g/mol. The Hall–Kier alpha value is -2.48. The van der Waals surface area contributed by atoms with Gasteiger partial charge in [0, 0.05) is 29.6 Å². The number of hydrogen-bond acceptors (Lipinski definition) is 6.